The Morgan fingerprint density at radius 1 is 1.19 bits per heavy atom. The van der Waals surface area contributed by atoms with Crippen LogP contribution >= 0.6 is 0 Å². The minimum atomic E-state index is -4.07. The molecule has 1 aromatic heterocycles. The number of halogens is 2. The molecular formula is C17H17F2N3O4S. The molecule has 2 unspecified atom stereocenters. The van der Waals surface area contributed by atoms with Crippen LogP contribution in [0.3, 0.4) is 0 Å². The number of carbonyl (C=O) groups is 1. The van der Waals surface area contributed by atoms with Crippen molar-refractivity contribution >= 4 is 26.9 Å². The van der Waals surface area contributed by atoms with Gasteiger partial charge in [-0.1, -0.05) is 12.1 Å². The van der Waals surface area contributed by atoms with Gasteiger partial charge in [0.2, 0.25) is 10.0 Å². The molecule has 0 bridgehead atoms. The molecule has 2 saturated heterocycles. The fraction of sp³-hybridized carbons (Fsp3) is 0.412. The van der Waals surface area contributed by atoms with Crippen LogP contribution in [0.1, 0.15) is 24.8 Å². The lowest BCUT2D eigenvalue weighted by Crippen LogP contribution is -2.41. The second kappa shape index (κ2) is 6.38. The van der Waals surface area contributed by atoms with Gasteiger partial charge in [-0.3, -0.25) is 4.98 Å². The normalized spacial score (nSPS) is 23.3. The van der Waals surface area contributed by atoms with Gasteiger partial charge in [-0.2, -0.15) is 4.31 Å². The summed E-state index contributed by atoms with van der Waals surface area (Å²) in [6.07, 6.45) is -0.806. The first-order valence-corrected chi connectivity index (χ1v) is 9.92. The van der Waals surface area contributed by atoms with E-state index in [0.29, 0.717) is 18.2 Å². The summed E-state index contributed by atoms with van der Waals surface area (Å²) in [5.74, 6) is 0. The Labute approximate surface area is 154 Å². The lowest BCUT2D eigenvalue weighted by atomic mass is 10.1. The van der Waals surface area contributed by atoms with Gasteiger partial charge < -0.3 is 10.0 Å². The first kappa shape index (κ1) is 18.1. The maximum absolute atomic E-state index is 13.5. The summed E-state index contributed by atoms with van der Waals surface area (Å²) in [7, 11) is -4.07. The average molecular weight is 397 g/mol. The highest BCUT2D eigenvalue weighted by molar-refractivity contribution is 7.89. The predicted molar refractivity (Wildman–Crippen MR) is 92.1 cm³/mol. The summed E-state index contributed by atoms with van der Waals surface area (Å²) >= 11 is 0. The van der Waals surface area contributed by atoms with Crippen molar-refractivity contribution in [2.24, 2.45) is 0 Å². The molecule has 7 nitrogen and oxygen atoms in total. The molecule has 1 aromatic carbocycles. The van der Waals surface area contributed by atoms with Gasteiger partial charge in [0, 0.05) is 47.9 Å². The van der Waals surface area contributed by atoms with Crippen molar-refractivity contribution in [2.45, 2.75) is 36.2 Å². The van der Waals surface area contributed by atoms with Crippen molar-refractivity contribution in [2.75, 3.05) is 13.1 Å². The quantitative estimate of drug-likeness (QED) is 0.860. The SMILES string of the molecule is O=C(O)N1CCC2C1CCN2S(=O)(=O)c1cccc2cncc(C(F)F)c12. The Kier molecular flexibility index (Phi) is 4.26. The molecule has 2 aliphatic rings. The number of nitrogens with zero attached hydrogens (tertiary/aromatic N) is 3. The molecule has 2 aromatic rings. The molecule has 3 heterocycles. The summed E-state index contributed by atoms with van der Waals surface area (Å²) < 4.78 is 54.9. The van der Waals surface area contributed by atoms with E-state index in [9.17, 15) is 27.1 Å². The number of sulfonamides is 1. The van der Waals surface area contributed by atoms with Crippen LogP contribution in [-0.4, -0.2) is 59.0 Å². The molecule has 4 rings (SSSR count). The van der Waals surface area contributed by atoms with Crippen LogP contribution in [0, 0.1) is 0 Å². The Balaban J connectivity index is 1.81. The van der Waals surface area contributed by atoms with E-state index in [4.69, 9.17) is 0 Å². The number of amides is 1. The number of benzene rings is 1. The third-order valence-corrected chi connectivity index (χ3v) is 7.33. The van der Waals surface area contributed by atoms with Crippen molar-refractivity contribution in [3.05, 3.63) is 36.2 Å². The largest absolute Gasteiger partial charge is 0.465 e. The molecule has 0 saturated carbocycles. The Morgan fingerprint density at radius 3 is 2.63 bits per heavy atom. The zero-order chi connectivity index (χ0) is 19.3. The lowest BCUT2D eigenvalue weighted by molar-refractivity contribution is 0.139. The number of pyridine rings is 1. The number of likely N-dealkylation sites (tertiary alicyclic amines) is 1. The van der Waals surface area contributed by atoms with Crippen LogP contribution in [0.15, 0.2) is 35.5 Å². The van der Waals surface area contributed by atoms with Gasteiger partial charge in [0.15, 0.2) is 0 Å². The van der Waals surface area contributed by atoms with Gasteiger partial charge in [-0.05, 0) is 18.9 Å². The van der Waals surface area contributed by atoms with Crippen LogP contribution in [0.2, 0.25) is 0 Å². The maximum atomic E-state index is 13.5. The fourth-order valence-electron chi connectivity index (χ4n) is 4.22. The summed E-state index contributed by atoms with van der Waals surface area (Å²) in [6, 6.07) is 3.49. The highest BCUT2D eigenvalue weighted by Crippen LogP contribution is 2.38. The number of hydrogen-bond donors (Lipinski definition) is 1. The summed E-state index contributed by atoms with van der Waals surface area (Å²) in [4.78, 5) is 16.2. The van der Waals surface area contributed by atoms with Crippen molar-refractivity contribution in [1.29, 1.82) is 0 Å². The van der Waals surface area contributed by atoms with E-state index < -0.39 is 40.2 Å². The Morgan fingerprint density at radius 2 is 1.93 bits per heavy atom. The molecule has 0 spiro atoms. The Hall–Kier alpha value is -2.33. The van der Waals surface area contributed by atoms with Crippen LogP contribution in [-0.2, 0) is 10.0 Å². The second-order valence-corrected chi connectivity index (χ2v) is 8.55. The van der Waals surface area contributed by atoms with E-state index in [0.717, 1.165) is 6.20 Å². The van der Waals surface area contributed by atoms with Gasteiger partial charge in [-0.25, -0.2) is 22.0 Å². The van der Waals surface area contributed by atoms with E-state index >= 15 is 0 Å². The minimum absolute atomic E-state index is 0.0287. The number of fused-ring (bicyclic) bond motifs is 2. The number of aromatic nitrogens is 1. The van der Waals surface area contributed by atoms with Gasteiger partial charge in [0.25, 0.3) is 6.43 Å². The van der Waals surface area contributed by atoms with Gasteiger partial charge >= 0.3 is 6.09 Å². The highest BCUT2D eigenvalue weighted by atomic mass is 32.2. The summed E-state index contributed by atoms with van der Waals surface area (Å²) in [6.45, 7) is 0.422. The standard InChI is InChI=1S/C17H17F2N3O4S/c18-16(19)11-9-20-8-10-2-1-3-14(15(10)11)27(25,26)22-7-5-12-13(22)4-6-21(12)17(23)24/h1-3,8-9,12-13,16H,4-7H2,(H,23,24). The monoisotopic (exact) mass is 397 g/mol. The van der Waals surface area contributed by atoms with Crippen LogP contribution in [0.5, 0.6) is 0 Å². The summed E-state index contributed by atoms with van der Waals surface area (Å²) in [5.41, 5.74) is -0.430. The van der Waals surface area contributed by atoms with Crippen LogP contribution < -0.4 is 0 Å². The van der Waals surface area contributed by atoms with Crippen LogP contribution in [0.4, 0.5) is 13.6 Å². The Bertz CT molecular complexity index is 1010. The average Bonchev–Trinajstić information content (AvgIpc) is 3.22. The van der Waals surface area contributed by atoms with Crippen molar-refractivity contribution in [3.63, 3.8) is 0 Å². The van der Waals surface area contributed by atoms with Gasteiger partial charge in [-0.15, -0.1) is 0 Å². The number of rotatable bonds is 3. The van der Waals surface area contributed by atoms with E-state index in [-0.39, 0.29) is 23.4 Å². The van der Waals surface area contributed by atoms with Crippen molar-refractivity contribution in [3.8, 4) is 0 Å². The summed E-state index contributed by atoms with van der Waals surface area (Å²) in [5, 5.41) is 9.57. The molecule has 1 amide bonds. The van der Waals surface area contributed by atoms with E-state index in [2.05, 4.69) is 4.98 Å². The first-order valence-electron chi connectivity index (χ1n) is 8.48. The molecule has 2 fully saturated rings. The van der Waals surface area contributed by atoms with Gasteiger partial charge in [0.05, 0.1) is 10.9 Å². The number of hydrogen-bond acceptors (Lipinski definition) is 4. The van der Waals surface area contributed by atoms with Crippen LogP contribution in [0.25, 0.3) is 10.8 Å². The smallest absolute Gasteiger partial charge is 0.407 e. The minimum Gasteiger partial charge on any atom is -0.465 e. The first-order chi connectivity index (χ1) is 12.8. The molecular weight excluding hydrogens is 380 g/mol. The molecule has 2 aliphatic heterocycles. The number of alkyl halides is 2. The molecule has 2 atom stereocenters. The zero-order valence-electron chi connectivity index (χ0n) is 14.1. The highest BCUT2D eigenvalue weighted by Gasteiger charge is 2.49. The van der Waals surface area contributed by atoms with E-state index in [1.54, 1.807) is 6.07 Å². The number of carboxylic acid groups (broad SMARTS) is 1. The molecule has 0 radical (unpaired) electrons. The van der Waals surface area contributed by atoms with E-state index in [1.807, 2.05) is 0 Å². The topological polar surface area (TPSA) is 90.8 Å². The lowest BCUT2D eigenvalue weighted by Gasteiger charge is -2.24. The van der Waals surface area contributed by atoms with Gasteiger partial charge in [0.1, 0.15) is 0 Å². The fourth-order valence-corrected chi connectivity index (χ4v) is 6.16. The predicted octanol–water partition coefficient (Wildman–Crippen LogP) is 2.69. The molecule has 144 valence electrons. The third-order valence-electron chi connectivity index (χ3n) is 5.37. The zero-order valence-corrected chi connectivity index (χ0v) is 14.9. The third kappa shape index (κ3) is 2.74. The molecule has 1 N–H and O–H groups in total. The molecule has 27 heavy (non-hydrogen) atoms. The van der Waals surface area contributed by atoms with Crippen molar-refractivity contribution < 1.29 is 27.1 Å². The van der Waals surface area contributed by atoms with Crippen molar-refractivity contribution in [1.82, 2.24) is 14.2 Å². The van der Waals surface area contributed by atoms with E-state index in [1.165, 1.54) is 27.5 Å². The molecule has 10 heteroatoms. The maximum Gasteiger partial charge on any atom is 0.407 e. The molecule has 0 aliphatic carbocycles. The second-order valence-electron chi connectivity index (χ2n) is 6.69.